The van der Waals surface area contributed by atoms with E-state index in [4.69, 9.17) is 4.74 Å². The van der Waals surface area contributed by atoms with Gasteiger partial charge >= 0.3 is 0 Å². The van der Waals surface area contributed by atoms with Crippen LogP contribution in [0, 0.1) is 5.92 Å². The quantitative estimate of drug-likeness (QED) is 0.770. The van der Waals surface area contributed by atoms with Crippen molar-refractivity contribution >= 4 is 11.6 Å². The number of aliphatic hydroxyl groups excluding tert-OH is 1. The van der Waals surface area contributed by atoms with Crippen molar-refractivity contribution < 1.29 is 14.6 Å². The summed E-state index contributed by atoms with van der Waals surface area (Å²) in [6.45, 7) is 8.01. The molecule has 2 N–H and O–H groups in total. The summed E-state index contributed by atoms with van der Waals surface area (Å²) in [7, 11) is 0. The van der Waals surface area contributed by atoms with Gasteiger partial charge in [0, 0.05) is 31.9 Å². The lowest BCUT2D eigenvalue weighted by Gasteiger charge is -2.43. The number of nitrogens with zero attached hydrogens (tertiary/aromatic N) is 2. The molecule has 2 saturated heterocycles. The highest BCUT2D eigenvalue weighted by Gasteiger charge is 2.50. The summed E-state index contributed by atoms with van der Waals surface area (Å²) in [5, 5.41) is 13.2. The normalized spacial score (nSPS) is 21.4. The molecule has 1 aromatic carbocycles. The molecular weight excluding hydrogens is 330 g/mol. The average Bonchev–Trinajstić information content (AvgIpc) is 2.94. The molecule has 2 aliphatic heterocycles. The van der Waals surface area contributed by atoms with Gasteiger partial charge in [0.05, 0.1) is 19.4 Å². The van der Waals surface area contributed by atoms with Crippen LogP contribution in [0.15, 0.2) is 30.3 Å². The summed E-state index contributed by atoms with van der Waals surface area (Å²) in [5.41, 5.74) is 0.623. The summed E-state index contributed by atoms with van der Waals surface area (Å²) in [6, 6.07) is 10.1. The molecule has 0 radical (unpaired) electrons. The van der Waals surface area contributed by atoms with E-state index in [0.717, 1.165) is 31.6 Å². The largest absolute Gasteiger partial charge is 0.389 e. The first-order valence-corrected chi connectivity index (χ1v) is 9.60. The monoisotopic (exact) mass is 361 g/mol. The summed E-state index contributed by atoms with van der Waals surface area (Å²) in [4.78, 5) is 17.1. The number of ether oxygens (including phenoxy) is 1. The number of β-amino-alcohol motifs (C(OH)–C–C–N with tert-alkyl or cyclic N) is 1. The fourth-order valence-corrected chi connectivity index (χ4v) is 3.93. The molecule has 144 valence electrons. The van der Waals surface area contributed by atoms with Gasteiger partial charge in [-0.1, -0.05) is 32.0 Å². The number of piperidine rings is 1. The Kier molecular flexibility index (Phi) is 6.16. The number of aliphatic hydroxyl groups is 1. The molecule has 1 atom stereocenters. The van der Waals surface area contributed by atoms with Crippen molar-refractivity contribution in [2.24, 2.45) is 5.92 Å². The van der Waals surface area contributed by atoms with E-state index in [2.05, 4.69) is 41.1 Å². The number of nitrogens with one attached hydrogen (secondary N) is 1. The topological polar surface area (TPSA) is 65.0 Å². The molecule has 1 aromatic rings. The van der Waals surface area contributed by atoms with Crippen LogP contribution < -0.4 is 10.2 Å². The van der Waals surface area contributed by atoms with E-state index in [1.54, 1.807) is 0 Å². The molecule has 0 bridgehead atoms. The van der Waals surface area contributed by atoms with E-state index in [-0.39, 0.29) is 5.91 Å². The first kappa shape index (κ1) is 19.1. The number of para-hydroxylation sites is 1. The molecule has 0 aromatic heterocycles. The first-order chi connectivity index (χ1) is 12.5. The van der Waals surface area contributed by atoms with Crippen molar-refractivity contribution in [2.75, 3.05) is 44.4 Å². The van der Waals surface area contributed by atoms with Gasteiger partial charge in [-0.25, -0.2) is 0 Å². The zero-order valence-electron chi connectivity index (χ0n) is 15.9. The van der Waals surface area contributed by atoms with E-state index in [1.807, 2.05) is 18.2 Å². The minimum absolute atomic E-state index is 0.127. The van der Waals surface area contributed by atoms with Crippen molar-refractivity contribution in [2.45, 2.75) is 38.3 Å². The molecule has 1 amide bonds. The van der Waals surface area contributed by atoms with Gasteiger partial charge in [-0.2, -0.15) is 0 Å². The number of carbonyl (C=O) groups excluding carboxylic acids is 1. The Labute approximate surface area is 156 Å². The lowest BCUT2D eigenvalue weighted by Crippen LogP contribution is -2.57. The number of carbonyl (C=O) groups is 1. The van der Waals surface area contributed by atoms with Crippen LogP contribution in [0.25, 0.3) is 0 Å². The van der Waals surface area contributed by atoms with Gasteiger partial charge in [0.2, 0.25) is 5.91 Å². The van der Waals surface area contributed by atoms with Crippen LogP contribution in [-0.2, 0) is 9.53 Å². The average molecular weight is 361 g/mol. The van der Waals surface area contributed by atoms with Crippen LogP contribution in [0.4, 0.5) is 5.69 Å². The molecule has 2 aliphatic rings. The van der Waals surface area contributed by atoms with Gasteiger partial charge in [0.1, 0.15) is 5.54 Å². The van der Waals surface area contributed by atoms with E-state index in [0.29, 0.717) is 32.3 Å². The lowest BCUT2D eigenvalue weighted by atomic mass is 9.85. The second-order valence-electron chi connectivity index (χ2n) is 7.84. The Bertz CT molecular complexity index is 585. The van der Waals surface area contributed by atoms with Gasteiger partial charge in [-0.05, 0) is 30.9 Å². The fraction of sp³-hybridized carbons (Fsp3) is 0.650. The summed E-state index contributed by atoms with van der Waals surface area (Å²) < 4.78 is 5.53. The zero-order chi connectivity index (χ0) is 18.6. The third-order valence-corrected chi connectivity index (χ3v) is 5.32. The van der Waals surface area contributed by atoms with Crippen molar-refractivity contribution in [3.8, 4) is 0 Å². The van der Waals surface area contributed by atoms with Crippen LogP contribution in [0.5, 0.6) is 0 Å². The number of amides is 1. The molecule has 0 aliphatic carbocycles. The third-order valence-electron chi connectivity index (χ3n) is 5.32. The molecule has 26 heavy (non-hydrogen) atoms. The van der Waals surface area contributed by atoms with Gasteiger partial charge in [-0.3, -0.25) is 4.79 Å². The highest BCUT2D eigenvalue weighted by Crippen LogP contribution is 2.36. The first-order valence-electron chi connectivity index (χ1n) is 9.60. The smallest absolute Gasteiger partial charge is 0.247 e. The molecular formula is C20H31N3O3. The van der Waals surface area contributed by atoms with Crippen molar-refractivity contribution in [1.29, 1.82) is 0 Å². The molecule has 1 spiro atoms. The number of likely N-dealkylation sites (tertiary alicyclic amines) is 1. The predicted octanol–water partition coefficient (Wildman–Crippen LogP) is 1.45. The minimum Gasteiger partial charge on any atom is -0.389 e. The Hall–Kier alpha value is -1.63. The van der Waals surface area contributed by atoms with Crippen LogP contribution in [0.2, 0.25) is 0 Å². The molecule has 6 nitrogen and oxygen atoms in total. The number of hydrogen-bond acceptors (Lipinski definition) is 5. The Morgan fingerprint density at radius 2 is 1.88 bits per heavy atom. The number of hydrogen-bond donors (Lipinski definition) is 2. The van der Waals surface area contributed by atoms with E-state index in [9.17, 15) is 9.90 Å². The van der Waals surface area contributed by atoms with Gasteiger partial charge in [-0.15, -0.1) is 0 Å². The molecule has 1 unspecified atom stereocenters. The number of rotatable bonds is 7. The highest BCUT2D eigenvalue weighted by atomic mass is 16.5. The molecule has 6 heteroatoms. The second-order valence-corrected chi connectivity index (χ2v) is 7.84. The SMILES string of the molecule is CC(C)COCC(O)CN1CCC2(CC1)C(=O)NCN2c1ccccc1. The molecule has 3 rings (SSSR count). The molecule has 2 fully saturated rings. The highest BCUT2D eigenvalue weighted by molar-refractivity contribution is 5.93. The Balaban J connectivity index is 1.55. The zero-order valence-corrected chi connectivity index (χ0v) is 15.9. The van der Waals surface area contributed by atoms with Crippen molar-refractivity contribution in [3.63, 3.8) is 0 Å². The standard InChI is InChI=1S/C20H31N3O3/c1-16(2)13-26-14-18(24)12-22-10-8-20(9-11-22)19(25)21-15-23(20)17-6-4-3-5-7-17/h3-7,16,18,24H,8-15H2,1-2H3,(H,21,25). The lowest BCUT2D eigenvalue weighted by molar-refractivity contribution is -0.125. The summed E-state index contributed by atoms with van der Waals surface area (Å²) in [5.74, 6) is 0.601. The van der Waals surface area contributed by atoms with Crippen LogP contribution in [-0.4, -0.2) is 67.1 Å². The van der Waals surface area contributed by atoms with Crippen molar-refractivity contribution in [1.82, 2.24) is 10.2 Å². The van der Waals surface area contributed by atoms with Crippen LogP contribution in [0.1, 0.15) is 26.7 Å². The fourth-order valence-electron chi connectivity index (χ4n) is 3.93. The van der Waals surface area contributed by atoms with Crippen LogP contribution in [0.3, 0.4) is 0 Å². The Morgan fingerprint density at radius 1 is 1.19 bits per heavy atom. The van der Waals surface area contributed by atoms with Gasteiger partial charge in [0.25, 0.3) is 0 Å². The third kappa shape index (κ3) is 4.19. The second kappa shape index (κ2) is 8.37. The summed E-state index contributed by atoms with van der Waals surface area (Å²) >= 11 is 0. The predicted molar refractivity (Wildman–Crippen MR) is 102 cm³/mol. The minimum atomic E-state index is -0.481. The maximum Gasteiger partial charge on any atom is 0.247 e. The van der Waals surface area contributed by atoms with E-state index >= 15 is 0 Å². The van der Waals surface area contributed by atoms with Crippen LogP contribution >= 0.6 is 0 Å². The van der Waals surface area contributed by atoms with E-state index < -0.39 is 11.6 Å². The molecule has 0 saturated carbocycles. The van der Waals surface area contributed by atoms with Gasteiger partial charge < -0.3 is 25.0 Å². The molecule has 2 heterocycles. The number of anilines is 1. The maximum absolute atomic E-state index is 12.6. The van der Waals surface area contributed by atoms with Gasteiger partial charge in [0.15, 0.2) is 0 Å². The van der Waals surface area contributed by atoms with E-state index in [1.165, 1.54) is 0 Å². The van der Waals surface area contributed by atoms with Crippen molar-refractivity contribution in [3.05, 3.63) is 30.3 Å². The number of benzene rings is 1. The Morgan fingerprint density at radius 3 is 2.54 bits per heavy atom. The maximum atomic E-state index is 12.6. The summed E-state index contributed by atoms with van der Waals surface area (Å²) in [6.07, 6.45) is 1.06.